The SMILES string of the molecule is CCCNc1nnc(-c2ccnn2CC)s1. The topological polar surface area (TPSA) is 55.6 Å². The molecule has 2 heterocycles. The summed E-state index contributed by atoms with van der Waals surface area (Å²) in [6, 6.07) is 1.97. The molecular formula is C10H15N5S. The summed E-state index contributed by atoms with van der Waals surface area (Å²) in [6.07, 6.45) is 2.88. The van der Waals surface area contributed by atoms with Gasteiger partial charge in [0.05, 0.1) is 5.69 Å². The lowest BCUT2D eigenvalue weighted by Crippen LogP contribution is -1.98. The number of nitrogens with zero attached hydrogens (tertiary/aromatic N) is 4. The zero-order valence-electron chi connectivity index (χ0n) is 9.47. The van der Waals surface area contributed by atoms with Crippen LogP contribution in [-0.4, -0.2) is 26.5 Å². The minimum Gasteiger partial charge on any atom is -0.360 e. The van der Waals surface area contributed by atoms with Gasteiger partial charge in [0.2, 0.25) is 5.13 Å². The highest BCUT2D eigenvalue weighted by atomic mass is 32.1. The van der Waals surface area contributed by atoms with E-state index >= 15 is 0 Å². The van der Waals surface area contributed by atoms with Gasteiger partial charge in [0, 0.05) is 19.3 Å². The molecule has 0 radical (unpaired) electrons. The molecule has 0 bridgehead atoms. The number of rotatable bonds is 5. The van der Waals surface area contributed by atoms with Crippen LogP contribution >= 0.6 is 11.3 Å². The van der Waals surface area contributed by atoms with Gasteiger partial charge in [-0.3, -0.25) is 4.68 Å². The van der Waals surface area contributed by atoms with Gasteiger partial charge in [0.25, 0.3) is 0 Å². The van der Waals surface area contributed by atoms with Crippen LogP contribution in [0.25, 0.3) is 10.7 Å². The zero-order valence-corrected chi connectivity index (χ0v) is 10.3. The van der Waals surface area contributed by atoms with Crippen molar-refractivity contribution in [3.05, 3.63) is 12.3 Å². The third kappa shape index (κ3) is 2.21. The van der Waals surface area contributed by atoms with E-state index in [0.717, 1.165) is 35.3 Å². The first-order valence-electron chi connectivity index (χ1n) is 5.44. The highest BCUT2D eigenvalue weighted by Gasteiger charge is 2.10. The average molecular weight is 237 g/mol. The standard InChI is InChI=1S/C10H15N5S/c1-3-6-11-10-14-13-9(16-10)8-5-7-12-15(8)4-2/h5,7H,3-4,6H2,1-2H3,(H,11,14). The van der Waals surface area contributed by atoms with Crippen LogP contribution in [0.1, 0.15) is 20.3 Å². The molecule has 0 aliphatic carbocycles. The van der Waals surface area contributed by atoms with E-state index in [4.69, 9.17) is 0 Å². The smallest absolute Gasteiger partial charge is 0.206 e. The molecule has 0 unspecified atom stereocenters. The monoisotopic (exact) mass is 237 g/mol. The van der Waals surface area contributed by atoms with Gasteiger partial charge < -0.3 is 5.32 Å². The van der Waals surface area contributed by atoms with Crippen molar-refractivity contribution in [2.45, 2.75) is 26.8 Å². The predicted molar refractivity (Wildman–Crippen MR) is 65.6 cm³/mol. The average Bonchev–Trinajstić information content (AvgIpc) is 2.94. The molecule has 2 aromatic rings. The summed E-state index contributed by atoms with van der Waals surface area (Å²) in [6.45, 7) is 5.97. The zero-order chi connectivity index (χ0) is 11.4. The van der Waals surface area contributed by atoms with E-state index in [1.807, 2.05) is 10.7 Å². The van der Waals surface area contributed by atoms with Crippen molar-refractivity contribution < 1.29 is 0 Å². The largest absolute Gasteiger partial charge is 0.360 e. The van der Waals surface area contributed by atoms with Crippen LogP contribution in [0.4, 0.5) is 5.13 Å². The lowest BCUT2D eigenvalue weighted by molar-refractivity contribution is 0.666. The van der Waals surface area contributed by atoms with Crippen molar-refractivity contribution in [3.63, 3.8) is 0 Å². The lowest BCUT2D eigenvalue weighted by atomic mass is 10.4. The molecular weight excluding hydrogens is 222 g/mol. The van der Waals surface area contributed by atoms with Crippen molar-refractivity contribution in [2.24, 2.45) is 0 Å². The Hall–Kier alpha value is -1.43. The van der Waals surface area contributed by atoms with Crippen LogP contribution in [0.3, 0.4) is 0 Å². The second kappa shape index (κ2) is 5.07. The normalized spacial score (nSPS) is 10.6. The summed E-state index contributed by atoms with van der Waals surface area (Å²) in [5.41, 5.74) is 1.03. The molecule has 2 rings (SSSR count). The molecule has 86 valence electrons. The molecule has 0 aliphatic rings. The fourth-order valence-electron chi connectivity index (χ4n) is 1.40. The third-order valence-electron chi connectivity index (χ3n) is 2.19. The molecule has 1 N–H and O–H groups in total. The van der Waals surface area contributed by atoms with Crippen molar-refractivity contribution in [3.8, 4) is 10.7 Å². The number of aromatic nitrogens is 4. The highest BCUT2D eigenvalue weighted by Crippen LogP contribution is 2.25. The number of hydrogen-bond acceptors (Lipinski definition) is 5. The number of hydrogen-bond donors (Lipinski definition) is 1. The minimum atomic E-state index is 0.847. The molecule has 0 aliphatic heterocycles. The molecule has 0 amide bonds. The summed E-state index contributed by atoms with van der Waals surface area (Å²) >= 11 is 1.57. The molecule has 0 saturated heterocycles. The molecule has 0 spiro atoms. The molecule has 0 atom stereocenters. The van der Waals surface area contributed by atoms with Crippen LogP contribution in [0, 0.1) is 0 Å². The van der Waals surface area contributed by atoms with Crippen LogP contribution in [-0.2, 0) is 6.54 Å². The van der Waals surface area contributed by atoms with E-state index < -0.39 is 0 Å². The maximum atomic E-state index is 4.22. The van der Waals surface area contributed by atoms with Gasteiger partial charge in [-0.1, -0.05) is 18.3 Å². The fraction of sp³-hybridized carbons (Fsp3) is 0.500. The Morgan fingerprint density at radius 2 is 2.25 bits per heavy atom. The molecule has 0 saturated carbocycles. The predicted octanol–water partition coefficient (Wildman–Crippen LogP) is 2.24. The second-order valence-electron chi connectivity index (χ2n) is 3.37. The first-order valence-corrected chi connectivity index (χ1v) is 6.26. The lowest BCUT2D eigenvalue weighted by Gasteiger charge is -1.99. The van der Waals surface area contributed by atoms with Crippen LogP contribution in [0.5, 0.6) is 0 Å². The van der Waals surface area contributed by atoms with Gasteiger partial charge in [-0.15, -0.1) is 10.2 Å². The van der Waals surface area contributed by atoms with Crippen molar-refractivity contribution in [2.75, 3.05) is 11.9 Å². The Morgan fingerprint density at radius 3 is 3.00 bits per heavy atom. The van der Waals surface area contributed by atoms with Crippen molar-refractivity contribution in [1.29, 1.82) is 0 Å². The van der Waals surface area contributed by atoms with E-state index in [0.29, 0.717) is 0 Å². The Bertz CT molecular complexity index is 448. The first kappa shape index (κ1) is 11.1. The van der Waals surface area contributed by atoms with Crippen molar-refractivity contribution >= 4 is 16.5 Å². The van der Waals surface area contributed by atoms with E-state index in [1.54, 1.807) is 17.5 Å². The van der Waals surface area contributed by atoms with E-state index in [9.17, 15) is 0 Å². The molecule has 0 fully saturated rings. The summed E-state index contributed by atoms with van der Waals surface area (Å²) in [4.78, 5) is 0. The van der Waals surface area contributed by atoms with E-state index in [1.165, 1.54) is 0 Å². The second-order valence-corrected chi connectivity index (χ2v) is 4.35. The molecule has 16 heavy (non-hydrogen) atoms. The highest BCUT2D eigenvalue weighted by molar-refractivity contribution is 7.18. The molecule has 6 heteroatoms. The maximum absolute atomic E-state index is 4.22. The summed E-state index contributed by atoms with van der Waals surface area (Å²) in [7, 11) is 0. The van der Waals surface area contributed by atoms with Gasteiger partial charge >= 0.3 is 0 Å². The maximum Gasteiger partial charge on any atom is 0.206 e. The third-order valence-corrected chi connectivity index (χ3v) is 3.09. The van der Waals surface area contributed by atoms with Crippen LogP contribution < -0.4 is 5.32 Å². The van der Waals surface area contributed by atoms with E-state index in [-0.39, 0.29) is 0 Å². The molecule has 0 aromatic carbocycles. The first-order chi connectivity index (χ1) is 7.85. The fourth-order valence-corrected chi connectivity index (χ4v) is 2.20. The Morgan fingerprint density at radius 1 is 1.38 bits per heavy atom. The number of nitrogens with one attached hydrogen (secondary N) is 1. The minimum absolute atomic E-state index is 0.847. The van der Waals surface area contributed by atoms with Gasteiger partial charge in [0.1, 0.15) is 0 Å². The Kier molecular flexibility index (Phi) is 3.51. The number of anilines is 1. The summed E-state index contributed by atoms with van der Waals surface area (Å²) < 4.78 is 1.92. The molecule has 2 aromatic heterocycles. The van der Waals surface area contributed by atoms with Crippen molar-refractivity contribution in [1.82, 2.24) is 20.0 Å². The van der Waals surface area contributed by atoms with Gasteiger partial charge in [-0.05, 0) is 19.4 Å². The quantitative estimate of drug-likeness (QED) is 0.866. The molecule has 5 nitrogen and oxygen atoms in total. The number of aryl methyl sites for hydroxylation is 1. The van der Waals surface area contributed by atoms with Gasteiger partial charge in [0.15, 0.2) is 5.01 Å². The van der Waals surface area contributed by atoms with E-state index in [2.05, 4.69) is 34.5 Å². The Labute approximate surface area is 98.5 Å². The van der Waals surface area contributed by atoms with Crippen LogP contribution in [0.2, 0.25) is 0 Å². The summed E-state index contributed by atoms with van der Waals surface area (Å²) in [5, 5.41) is 17.5. The Balaban J connectivity index is 2.18. The van der Waals surface area contributed by atoms with Crippen LogP contribution in [0.15, 0.2) is 12.3 Å². The van der Waals surface area contributed by atoms with Gasteiger partial charge in [-0.2, -0.15) is 5.10 Å². The summed E-state index contributed by atoms with van der Waals surface area (Å²) in [5.74, 6) is 0. The van der Waals surface area contributed by atoms with Gasteiger partial charge in [-0.25, -0.2) is 0 Å².